The SMILES string of the molecule is CNc1nc(C)cn1-c1cc(C(F)(F)F)ccc1Cl. The number of alkyl halides is 3. The number of halogens is 4. The fourth-order valence-electron chi connectivity index (χ4n) is 1.73. The number of nitrogens with one attached hydrogen (secondary N) is 1. The topological polar surface area (TPSA) is 29.9 Å². The van der Waals surface area contributed by atoms with Gasteiger partial charge < -0.3 is 5.32 Å². The van der Waals surface area contributed by atoms with E-state index in [1.807, 2.05) is 0 Å². The summed E-state index contributed by atoms with van der Waals surface area (Å²) in [7, 11) is 1.64. The van der Waals surface area contributed by atoms with Gasteiger partial charge in [0.05, 0.1) is 22.0 Å². The predicted molar refractivity (Wildman–Crippen MR) is 67.9 cm³/mol. The van der Waals surface area contributed by atoms with Crippen LogP contribution in [0.4, 0.5) is 19.1 Å². The van der Waals surface area contributed by atoms with Crippen LogP contribution in [0.2, 0.25) is 5.02 Å². The van der Waals surface area contributed by atoms with Crippen molar-refractivity contribution in [2.75, 3.05) is 12.4 Å². The van der Waals surface area contributed by atoms with Crippen molar-refractivity contribution in [2.45, 2.75) is 13.1 Å². The van der Waals surface area contributed by atoms with E-state index in [-0.39, 0.29) is 10.7 Å². The molecule has 102 valence electrons. The normalized spacial score (nSPS) is 11.7. The summed E-state index contributed by atoms with van der Waals surface area (Å²) in [5.41, 5.74) is 0.166. The minimum Gasteiger partial charge on any atom is -0.358 e. The number of aryl methyl sites for hydroxylation is 1. The Kier molecular flexibility index (Phi) is 3.45. The van der Waals surface area contributed by atoms with Crippen molar-refractivity contribution in [3.8, 4) is 5.69 Å². The molecule has 0 atom stereocenters. The molecule has 2 rings (SSSR count). The summed E-state index contributed by atoms with van der Waals surface area (Å²) >= 11 is 5.98. The van der Waals surface area contributed by atoms with Gasteiger partial charge in [-0.3, -0.25) is 4.57 Å². The highest BCUT2D eigenvalue weighted by Gasteiger charge is 2.31. The zero-order chi connectivity index (χ0) is 14.2. The van der Waals surface area contributed by atoms with Gasteiger partial charge in [-0.15, -0.1) is 0 Å². The average Bonchev–Trinajstić information content (AvgIpc) is 2.69. The lowest BCUT2D eigenvalue weighted by Crippen LogP contribution is -2.07. The van der Waals surface area contributed by atoms with Gasteiger partial charge in [0.2, 0.25) is 5.95 Å². The number of aromatic nitrogens is 2. The predicted octanol–water partition coefficient (Wildman–Crippen LogP) is 3.89. The first-order chi connectivity index (χ1) is 8.82. The standard InChI is InChI=1S/C12H11ClF3N3/c1-7-6-19(11(17-2)18-7)10-5-8(12(14,15)16)3-4-9(10)13/h3-6H,1-2H3,(H,17,18). The van der Waals surface area contributed by atoms with Gasteiger partial charge in [0.1, 0.15) is 0 Å². The quantitative estimate of drug-likeness (QED) is 0.909. The maximum Gasteiger partial charge on any atom is 0.416 e. The number of hydrogen-bond acceptors (Lipinski definition) is 2. The lowest BCUT2D eigenvalue weighted by Gasteiger charge is -2.12. The van der Waals surface area contributed by atoms with Gasteiger partial charge in [-0.05, 0) is 25.1 Å². The van der Waals surface area contributed by atoms with E-state index in [2.05, 4.69) is 10.3 Å². The molecule has 0 unspecified atom stereocenters. The summed E-state index contributed by atoms with van der Waals surface area (Å²) in [5.74, 6) is 0.429. The van der Waals surface area contributed by atoms with E-state index in [0.717, 1.165) is 12.1 Å². The smallest absolute Gasteiger partial charge is 0.358 e. The highest BCUT2D eigenvalue weighted by Crippen LogP contribution is 2.34. The molecular weight excluding hydrogens is 279 g/mol. The van der Waals surface area contributed by atoms with E-state index in [4.69, 9.17) is 11.6 Å². The number of benzene rings is 1. The molecule has 0 aliphatic rings. The molecule has 7 heteroatoms. The van der Waals surface area contributed by atoms with Gasteiger partial charge in [0.25, 0.3) is 0 Å². The Balaban J connectivity index is 2.61. The van der Waals surface area contributed by atoms with Crippen LogP contribution in [-0.4, -0.2) is 16.6 Å². The van der Waals surface area contributed by atoms with Crippen LogP contribution < -0.4 is 5.32 Å². The zero-order valence-electron chi connectivity index (χ0n) is 10.2. The van der Waals surface area contributed by atoms with Crippen molar-refractivity contribution < 1.29 is 13.2 Å². The third-order valence-electron chi connectivity index (χ3n) is 2.58. The van der Waals surface area contributed by atoms with E-state index in [9.17, 15) is 13.2 Å². The fraction of sp³-hybridized carbons (Fsp3) is 0.250. The molecule has 0 amide bonds. The molecule has 0 aliphatic carbocycles. The van der Waals surface area contributed by atoms with Gasteiger partial charge >= 0.3 is 6.18 Å². The highest BCUT2D eigenvalue weighted by molar-refractivity contribution is 6.32. The summed E-state index contributed by atoms with van der Waals surface area (Å²) in [6.07, 6.45) is -2.79. The molecule has 3 nitrogen and oxygen atoms in total. The van der Waals surface area contributed by atoms with Crippen molar-refractivity contribution >= 4 is 17.5 Å². The largest absolute Gasteiger partial charge is 0.416 e. The fourth-order valence-corrected chi connectivity index (χ4v) is 1.94. The van der Waals surface area contributed by atoms with Crippen LogP contribution in [0, 0.1) is 6.92 Å². The van der Waals surface area contributed by atoms with E-state index >= 15 is 0 Å². The van der Waals surface area contributed by atoms with Crippen LogP contribution >= 0.6 is 11.6 Å². The molecule has 1 heterocycles. The van der Waals surface area contributed by atoms with Gasteiger partial charge in [0, 0.05) is 13.2 Å². The maximum absolute atomic E-state index is 12.7. The Bertz CT molecular complexity index is 605. The van der Waals surface area contributed by atoms with Crippen LogP contribution in [-0.2, 0) is 6.18 Å². The minimum absolute atomic E-state index is 0.224. The van der Waals surface area contributed by atoms with Crippen molar-refractivity contribution in [2.24, 2.45) is 0 Å². The lowest BCUT2D eigenvalue weighted by molar-refractivity contribution is -0.137. The molecular formula is C12H11ClF3N3. The minimum atomic E-state index is -4.41. The molecule has 1 N–H and O–H groups in total. The molecule has 0 aliphatic heterocycles. The zero-order valence-corrected chi connectivity index (χ0v) is 11.0. The Morgan fingerprint density at radius 3 is 2.58 bits per heavy atom. The van der Waals surface area contributed by atoms with Crippen LogP contribution in [0.3, 0.4) is 0 Å². The van der Waals surface area contributed by atoms with Crippen LogP contribution in [0.5, 0.6) is 0 Å². The molecule has 0 saturated heterocycles. The lowest BCUT2D eigenvalue weighted by atomic mass is 10.2. The van der Waals surface area contributed by atoms with Gasteiger partial charge in [0.15, 0.2) is 0 Å². The molecule has 1 aromatic carbocycles. The first-order valence-corrected chi connectivity index (χ1v) is 5.81. The summed E-state index contributed by atoms with van der Waals surface area (Å²) < 4.78 is 39.7. The molecule has 0 saturated carbocycles. The summed E-state index contributed by atoms with van der Waals surface area (Å²) in [4.78, 5) is 4.15. The number of rotatable bonds is 2. The molecule has 0 radical (unpaired) electrons. The number of hydrogen-bond donors (Lipinski definition) is 1. The van der Waals surface area contributed by atoms with Gasteiger partial charge in [-0.25, -0.2) is 4.98 Å². The van der Waals surface area contributed by atoms with Crippen molar-refractivity contribution in [3.63, 3.8) is 0 Å². The van der Waals surface area contributed by atoms with E-state index in [1.165, 1.54) is 10.6 Å². The Morgan fingerprint density at radius 1 is 1.32 bits per heavy atom. The van der Waals surface area contributed by atoms with Crippen molar-refractivity contribution in [1.82, 2.24) is 9.55 Å². The highest BCUT2D eigenvalue weighted by atomic mass is 35.5. The van der Waals surface area contributed by atoms with Gasteiger partial charge in [-0.2, -0.15) is 13.2 Å². The molecule has 0 spiro atoms. The van der Waals surface area contributed by atoms with E-state index < -0.39 is 11.7 Å². The van der Waals surface area contributed by atoms with Crippen LogP contribution in [0.25, 0.3) is 5.69 Å². The summed E-state index contributed by atoms with van der Waals surface area (Å²) in [6.45, 7) is 1.75. The molecule has 1 aromatic heterocycles. The Labute approximate surface area is 113 Å². The van der Waals surface area contributed by atoms with Crippen LogP contribution in [0.15, 0.2) is 24.4 Å². The van der Waals surface area contributed by atoms with E-state index in [0.29, 0.717) is 11.6 Å². The number of anilines is 1. The Hall–Kier alpha value is -1.69. The number of imidazole rings is 1. The second-order valence-corrected chi connectivity index (χ2v) is 4.40. The first-order valence-electron chi connectivity index (χ1n) is 5.44. The van der Waals surface area contributed by atoms with Crippen LogP contribution in [0.1, 0.15) is 11.3 Å². The molecule has 2 aromatic rings. The summed E-state index contributed by atoms with van der Waals surface area (Å²) in [6, 6.07) is 3.19. The monoisotopic (exact) mass is 289 g/mol. The second kappa shape index (κ2) is 4.77. The van der Waals surface area contributed by atoms with Gasteiger partial charge in [-0.1, -0.05) is 11.6 Å². The average molecular weight is 290 g/mol. The number of nitrogens with zero attached hydrogens (tertiary/aromatic N) is 2. The Morgan fingerprint density at radius 2 is 2.00 bits per heavy atom. The third-order valence-corrected chi connectivity index (χ3v) is 2.90. The first kappa shape index (κ1) is 13.7. The molecule has 0 fully saturated rings. The molecule has 19 heavy (non-hydrogen) atoms. The third kappa shape index (κ3) is 2.68. The molecule has 0 bridgehead atoms. The van der Waals surface area contributed by atoms with Crippen molar-refractivity contribution in [3.05, 3.63) is 40.7 Å². The second-order valence-electron chi connectivity index (χ2n) is 3.99. The summed E-state index contributed by atoms with van der Waals surface area (Å²) in [5, 5.41) is 3.04. The maximum atomic E-state index is 12.7. The van der Waals surface area contributed by atoms with Crippen molar-refractivity contribution in [1.29, 1.82) is 0 Å². The van der Waals surface area contributed by atoms with E-state index in [1.54, 1.807) is 20.2 Å².